The molecule has 0 radical (unpaired) electrons. The van der Waals surface area contributed by atoms with Crippen LogP contribution in [0.5, 0.6) is 0 Å². The predicted molar refractivity (Wildman–Crippen MR) is 209 cm³/mol. The quantitative estimate of drug-likeness (QED) is 0.114. The van der Waals surface area contributed by atoms with E-state index in [9.17, 15) is 39.0 Å². The molecule has 1 fully saturated rings. The van der Waals surface area contributed by atoms with E-state index in [4.69, 9.17) is 4.74 Å². The van der Waals surface area contributed by atoms with E-state index in [1.54, 1.807) is 14.0 Å². The molecule has 8 atom stereocenters. The van der Waals surface area contributed by atoms with Crippen molar-refractivity contribution in [1.82, 2.24) is 26.2 Å². The molecule has 0 saturated carbocycles. The summed E-state index contributed by atoms with van der Waals surface area (Å²) in [5, 5.41) is 30.6. The maximum Gasteiger partial charge on any atom is 0.325 e. The molecule has 0 bridgehead atoms. The Morgan fingerprint density at radius 2 is 1.47 bits per heavy atom. The lowest BCUT2D eigenvalue weighted by molar-refractivity contribution is -0.159. The standard InChI is InChI=1S/C41H67N5O9/c1-9-11-12-13-17-33-30(16-14-15-29-20-18-26(5)19-21-29)41(54)46(8)32(22-25(3)4)38(51)44-35(27(6)10-2)40(53)43-31(24-47)37(50)45-36(28(7)48)39(52)42-23-34(49)55-33/h18-21,25,27-28,30-33,35-36,47-48H,9-17,22-24H2,1-8H3,(H,42,52)(H,43,53)(H,44,51)(H,45,50)/t27-,28+,30-,31+,32+,33-,35+,36+/m1/s1. The van der Waals surface area contributed by atoms with Crippen molar-refractivity contribution >= 4 is 35.5 Å². The molecule has 2 rings (SSSR count). The molecule has 0 aliphatic carbocycles. The van der Waals surface area contributed by atoms with Gasteiger partial charge < -0.3 is 41.1 Å². The summed E-state index contributed by atoms with van der Waals surface area (Å²) in [6.07, 6.45) is 3.87. The number of ether oxygens (including phenoxy) is 1. The van der Waals surface area contributed by atoms with Crippen LogP contribution in [-0.2, 0) is 39.9 Å². The third-order valence-electron chi connectivity index (χ3n) is 10.4. The van der Waals surface area contributed by atoms with Gasteiger partial charge in [0, 0.05) is 7.05 Å². The molecule has 0 unspecified atom stereocenters. The maximum atomic E-state index is 14.7. The van der Waals surface area contributed by atoms with Gasteiger partial charge in [0.2, 0.25) is 29.5 Å². The van der Waals surface area contributed by atoms with E-state index in [1.807, 2.05) is 52.0 Å². The number of aliphatic hydroxyl groups excluding tert-OH is 2. The number of aliphatic hydroxyl groups is 2. The van der Waals surface area contributed by atoms with Gasteiger partial charge in [-0.3, -0.25) is 28.8 Å². The minimum Gasteiger partial charge on any atom is -0.460 e. The molecule has 5 amide bonds. The largest absolute Gasteiger partial charge is 0.460 e. The van der Waals surface area contributed by atoms with Crippen LogP contribution in [0.15, 0.2) is 24.3 Å². The van der Waals surface area contributed by atoms with Crippen LogP contribution in [0.3, 0.4) is 0 Å². The summed E-state index contributed by atoms with van der Waals surface area (Å²) in [4.78, 5) is 84.0. The summed E-state index contributed by atoms with van der Waals surface area (Å²) in [6.45, 7) is 11.3. The third kappa shape index (κ3) is 15.2. The van der Waals surface area contributed by atoms with Gasteiger partial charge in [0.25, 0.3) is 0 Å². The lowest BCUT2D eigenvalue weighted by atomic mass is 9.88. The van der Waals surface area contributed by atoms with E-state index in [-0.39, 0.29) is 18.2 Å². The van der Waals surface area contributed by atoms with Crippen molar-refractivity contribution in [2.45, 2.75) is 149 Å². The molecule has 0 spiro atoms. The van der Waals surface area contributed by atoms with Crippen LogP contribution in [-0.4, -0.2) is 107 Å². The van der Waals surface area contributed by atoms with Gasteiger partial charge >= 0.3 is 5.97 Å². The van der Waals surface area contributed by atoms with Crippen molar-refractivity contribution in [3.63, 3.8) is 0 Å². The van der Waals surface area contributed by atoms with Gasteiger partial charge in [0.05, 0.1) is 18.6 Å². The van der Waals surface area contributed by atoms with E-state index in [2.05, 4.69) is 28.2 Å². The summed E-state index contributed by atoms with van der Waals surface area (Å²) in [5.41, 5.74) is 2.22. The Morgan fingerprint density at radius 3 is 2.05 bits per heavy atom. The van der Waals surface area contributed by atoms with E-state index >= 15 is 0 Å². The Hall–Kier alpha value is -4.04. The molecule has 1 heterocycles. The fraction of sp³-hybridized carbons (Fsp3) is 0.707. The minimum atomic E-state index is -1.55. The second kappa shape index (κ2) is 23.8. The molecule has 1 aromatic rings. The first-order valence-electron chi connectivity index (χ1n) is 20.0. The van der Waals surface area contributed by atoms with Gasteiger partial charge in [0.15, 0.2) is 0 Å². The van der Waals surface area contributed by atoms with Crippen molar-refractivity contribution in [3.8, 4) is 0 Å². The molecule has 1 saturated heterocycles. The first kappa shape index (κ1) is 47.1. The zero-order valence-electron chi connectivity index (χ0n) is 34.2. The van der Waals surface area contributed by atoms with Crippen LogP contribution in [0.4, 0.5) is 0 Å². The van der Waals surface area contributed by atoms with E-state index in [1.165, 1.54) is 11.8 Å². The number of unbranched alkanes of at least 4 members (excludes halogenated alkanes) is 3. The van der Waals surface area contributed by atoms with Gasteiger partial charge in [-0.1, -0.05) is 90.1 Å². The number of hydrogen-bond acceptors (Lipinski definition) is 9. The number of rotatable bonds is 15. The lowest BCUT2D eigenvalue weighted by Crippen LogP contribution is -2.61. The Kier molecular flexibility index (Phi) is 20.4. The molecule has 1 aromatic carbocycles. The van der Waals surface area contributed by atoms with Crippen LogP contribution >= 0.6 is 0 Å². The number of benzene rings is 1. The molecular formula is C41H67N5O9. The lowest BCUT2D eigenvalue weighted by Gasteiger charge is -2.35. The molecule has 14 heteroatoms. The second-order valence-electron chi connectivity index (χ2n) is 15.5. The summed E-state index contributed by atoms with van der Waals surface area (Å²) in [7, 11) is 1.56. The van der Waals surface area contributed by atoms with Crippen LogP contribution in [0, 0.1) is 24.7 Å². The van der Waals surface area contributed by atoms with Gasteiger partial charge in [-0.2, -0.15) is 0 Å². The number of carbonyl (C=O) groups excluding carboxylic acids is 6. The molecule has 0 aromatic heterocycles. The molecule has 55 heavy (non-hydrogen) atoms. The Balaban J connectivity index is 2.67. The highest BCUT2D eigenvalue weighted by Crippen LogP contribution is 2.26. The topological polar surface area (TPSA) is 203 Å². The number of aryl methyl sites for hydroxylation is 2. The molecule has 14 nitrogen and oxygen atoms in total. The second-order valence-corrected chi connectivity index (χ2v) is 15.5. The Bertz CT molecular complexity index is 1400. The predicted octanol–water partition coefficient (Wildman–Crippen LogP) is 2.69. The number of nitrogens with zero attached hydrogens (tertiary/aromatic N) is 1. The zero-order valence-corrected chi connectivity index (χ0v) is 34.2. The van der Waals surface area contributed by atoms with Crippen LogP contribution in [0.25, 0.3) is 0 Å². The highest BCUT2D eigenvalue weighted by Gasteiger charge is 2.40. The molecule has 1 aliphatic rings. The number of esters is 1. The van der Waals surface area contributed by atoms with Gasteiger partial charge in [-0.25, -0.2) is 0 Å². The van der Waals surface area contributed by atoms with Crippen molar-refractivity contribution < 1.29 is 43.7 Å². The maximum absolute atomic E-state index is 14.7. The monoisotopic (exact) mass is 773 g/mol. The Labute approximate surface area is 327 Å². The average molecular weight is 774 g/mol. The van der Waals surface area contributed by atoms with E-state index in [0.29, 0.717) is 38.5 Å². The number of hydrogen-bond donors (Lipinski definition) is 6. The molecule has 1 aliphatic heterocycles. The Morgan fingerprint density at radius 1 is 0.818 bits per heavy atom. The highest BCUT2D eigenvalue weighted by atomic mass is 16.5. The average Bonchev–Trinajstić information content (AvgIpc) is 3.15. The highest BCUT2D eigenvalue weighted by molar-refractivity contribution is 5.96. The number of amides is 5. The molecular weight excluding hydrogens is 706 g/mol. The van der Waals surface area contributed by atoms with Crippen molar-refractivity contribution in [2.75, 3.05) is 20.2 Å². The van der Waals surface area contributed by atoms with E-state index < -0.39 is 91.0 Å². The number of nitrogens with one attached hydrogen (secondary N) is 4. The number of likely N-dealkylation sites (N-methyl/N-ethyl adjacent to an activating group) is 1. The first-order chi connectivity index (χ1) is 26.0. The summed E-state index contributed by atoms with van der Waals surface area (Å²) in [6, 6.07) is 2.91. The fourth-order valence-corrected chi connectivity index (χ4v) is 6.71. The number of cyclic esters (lactones) is 1. The van der Waals surface area contributed by atoms with Crippen LogP contribution < -0.4 is 21.3 Å². The number of carbonyl (C=O) groups is 6. The minimum absolute atomic E-state index is 0.0286. The van der Waals surface area contributed by atoms with E-state index in [0.717, 1.165) is 30.4 Å². The normalized spacial score (nSPS) is 25.1. The summed E-state index contributed by atoms with van der Waals surface area (Å²) in [5.74, 6) is -5.63. The summed E-state index contributed by atoms with van der Waals surface area (Å²) >= 11 is 0. The van der Waals surface area contributed by atoms with Crippen molar-refractivity contribution in [2.24, 2.45) is 17.8 Å². The SMILES string of the molecule is CCCCCC[C@H]1OC(=O)CNC(=O)[C@H]([C@H](C)O)NC(=O)[C@H](CO)NC(=O)[C@H]([C@H](C)CC)NC(=O)[C@H](CC(C)C)N(C)C(=O)[C@@H]1CCCc1ccc(C)cc1. The third-order valence-corrected chi connectivity index (χ3v) is 10.4. The smallest absolute Gasteiger partial charge is 0.325 e. The van der Waals surface area contributed by atoms with Crippen LogP contribution in [0.1, 0.15) is 110 Å². The van der Waals surface area contributed by atoms with Crippen molar-refractivity contribution in [1.29, 1.82) is 0 Å². The fourth-order valence-electron chi connectivity index (χ4n) is 6.71. The first-order valence-corrected chi connectivity index (χ1v) is 20.0. The zero-order chi connectivity index (χ0) is 41.2. The van der Waals surface area contributed by atoms with Crippen LogP contribution in [0.2, 0.25) is 0 Å². The molecule has 6 N–H and O–H groups in total. The summed E-state index contributed by atoms with van der Waals surface area (Å²) < 4.78 is 6.03. The van der Waals surface area contributed by atoms with Gasteiger partial charge in [-0.05, 0) is 69.8 Å². The van der Waals surface area contributed by atoms with Gasteiger partial charge in [0.1, 0.15) is 36.8 Å². The van der Waals surface area contributed by atoms with Gasteiger partial charge in [-0.15, -0.1) is 0 Å². The molecule has 310 valence electrons. The van der Waals surface area contributed by atoms with Crippen molar-refractivity contribution in [3.05, 3.63) is 35.4 Å².